The van der Waals surface area contributed by atoms with E-state index in [1.165, 1.54) is 7.11 Å². The molecule has 0 aliphatic carbocycles. The molecule has 202 valence electrons. The van der Waals surface area contributed by atoms with E-state index in [1.54, 1.807) is 32.4 Å². The van der Waals surface area contributed by atoms with Crippen LogP contribution in [0.1, 0.15) is 84.8 Å². The number of cyclic esters (lactones) is 1. The normalized spacial score (nSPS) is 20.4. The van der Waals surface area contributed by atoms with E-state index in [1.807, 2.05) is 25.1 Å². The number of allylic oxidation sites excluding steroid dienone is 1. The largest absolute Gasteiger partial charge is 0.497 e. The van der Waals surface area contributed by atoms with Crippen molar-refractivity contribution in [2.24, 2.45) is 0 Å². The Kier molecular flexibility index (Phi) is 8.71. The van der Waals surface area contributed by atoms with E-state index in [-0.39, 0.29) is 23.9 Å². The van der Waals surface area contributed by atoms with Gasteiger partial charge in [0.25, 0.3) is 0 Å². The Bertz CT molecular complexity index is 1220. The standard InChI is InChI=1S/C30H34O8/c1-18-9-8-12-21(31)11-7-5-6-10-19-15-25-28(29(36-4)27(19)30(33)37-18)24(17-26(32)38-25)20-13-22(34-2)16-23(14-20)35-3/h6,10,13-16,18,24H,5,7-9,11-12,17H2,1-4H3/t18-,24-/m0/s1. The molecule has 2 heterocycles. The summed E-state index contributed by atoms with van der Waals surface area (Å²) in [4.78, 5) is 38.4. The average Bonchev–Trinajstić information content (AvgIpc) is 2.90. The molecule has 2 aliphatic rings. The van der Waals surface area contributed by atoms with E-state index in [0.29, 0.717) is 66.2 Å². The SMILES string of the molecule is COc1cc(OC)cc([C@@H]2CC(=O)Oc3cc4c(c(OC)c32)C(=O)O[C@@H](C)CCCC(=O)CCCC=C4)c1. The number of hydrogen-bond acceptors (Lipinski definition) is 8. The lowest BCUT2D eigenvalue weighted by molar-refractivity contribution is -0.135. The molecule has 0 radical (unpaired) electrons. The molecule has 38 heavy (non-hydrogen) atoms. The second kappa shape index (κ2) is 12.2. The molecule has 8 nitrogen and oxygen atoms in total. The lowest BCUT2D eigenvalue weighted by Crippen LogP contribution is -2.24. The monoisotopic (exact) mass is 522 g/mol. The van der Waals surface area contributed by atoms with Crippen LogP contribution in [-0.2, 0) is 14.3 Å². The van der Waals surface area contributed by atoms with Gasteiger partial charge in [-0.3, -0.25) is 9.59 Å². The van der Waals surface area contributed by atoms with Gasteiger partial charge in [-0.2, -0.15) is 0 Å². The van der Waals surface area contributed by atoms with Crippen LogP contribution >= 0.6 is 0 Å². The Balaban J connectivity index is 1.88. The van der Waals surface area contributed by atoms with Gasteiger partial charge in [0, 0.05) is 30.4 Å². The van der Waals surface area contributed by atoms with E-state index < -0.39 is 17.9 Å². The lowest BCUT2D eigenvalue weighted by atomic mass is 9.83. The third-order valence-electron chi connectivity index (χ3n) is 6.94. The summed E-state index contributed by atoms with van der Waals surface area (Å²) in [6.07, 6.45) is 7.01. The van der Waals surface area contributed by atoms with E-state index >= 15 is 0 Å². The fourth-order valence-corrected chi connectivity index (χ4v) is 5.03. The van der Waals surface area contributed by atoms with E-state index in [4.69, 9.17) is 23.7 Å². The molecule has 0 saturated carbocycles. The molecular formula is C30H34O8. The van der Waals surface area contributed by atoms with Crippen LogP contribution in [0.4, 0.5) is 0 Å². The van der Waals surface area contributed by atoms with Crippen molar-refractivity contribution in [2.45, 2.75) is 63.9 Å². The number of methoxy groups -OCH3 is 3. The molecule has 0 aromatic heterocycles. The van der Waals surface area contributed by atoms with Gasteiger partial charge in [0.15, 0.2) is 0 Å². The first-order valence-electron chi connectivity index (χ1n) is 12.9. The number of ether oxygens (including phenoxy) is 5. The van der Waals surface area contributed by atoms with Gasteiger partial charge < -0.3 is 23.7 Å². The molecule has 0 spiro atoms. The highest BCUT2D eigenvalue weighted by Gasteiger charge is 2.36. The van der Waals surface area contributed by atoms with Crippen molar-refractivity contribution >= 4 is 23.8 Å². The minimum atomic E-state index is -0.529. The third-order valence-corrected chi connectivity index (χ3v) is 6.94. The number of esters is 2. The summed E-state index contributed by atoms with van der Waals surface area (Å²) >= 11 is 0. The fourth-order valence-electron chi connectivity index (χ4n) is 5.03. The highest BCUT2D eigenvalue weighted by molar-refractivity contribution is 5.99. The van der Waals surface area contributed by atoms with Crippen LogP contribution in [0, 0.1) is 0 Å². The Morgan fingerprint density at radius 3 is 2.29 bits per heavy atom. The predicted molar refractivity (Wildman–Crippen MR) is 141 cm³/mol. The summed E-state index contributed by atoms with van der Waals surface area (Å²) < 4.78 is 28.3. The first-order chi connectivity index (χ1) is 18.3. The Hall–Kier alpha value is -3.81. The molecule has 0 bridgehead atoms. The van der Waals surface area contributed by atoms with Gasteiger partial charge in [0.1, 0.15) is 34.3 Å². The van der Waals surface area contributed by atoms with E-state index in [0.717, 1.165) is 12.0 Å². The topological polar surface area (TPSA) is 97.4 Å². The molecule has 0 amide bonds. The Morgan fingerprint density at radius 1 is 0.895 bits per heavy atom. The molecule has 4 rings (SSSR count). The van der Waals surface area contributed by atoms with Crippen LogP contribution < -0.4 is 18.9 Å². The minimum absolute atomic E-state index is 0.0494. The van der Waals surface area contributed by atoms with Gasteiger partial charge in [0.05, 0.1) is 33.9 Å². The third kappa shape index (κ3) is 6.01. The van der Waals surface area contributed by atoms with Crippen LogP contribution in [0.25, 0.3) is 6.08 Å². The molecule has 2 aromatic rings. The van der Waals surface area contributed by atoms with Crippen molar-refractivity contribution in [1.82, 2.24) is 0 Å². The smallest absolute Gasteiger partial charge is 0.342 e. The fraction of sp³-hybridized carbons (Fsp3) is 0.433. The molecular weight excluding hydrogens is 488 g/mol. The second-order valence-electron chi connectivity index (χ2n) is 9.60. The number of carbonyl (C=O) groups is 3. The Labute approximate surface area is 222 Å². The number of rotatable bonds is 4. The second-order valence-corrected chi connectivity index (χ2v) is 9.60. The van der Waals surface area contributed by atoms with Crippen molar-refractivity contribution in [2.75, 3.05) is 21.3 Å². The molecule has 0 N–H and O–H groups in total. The summed E-state index contributed by atoms with van der Waals surface area (Å²) in [5.74, 6) is 0.607. The van der Waals surface area contributed by atoms with Crippen LogP contribution in [0.3, 0.4) is 0 Å². The summed E-state index contributed by atoms with van der Waals surface area (Å²) in [5, 5.41) is 0. The first-order valence-corrected chi connectivity index (χ1v) is 12.9. The van der Waals surface area contributed by atoms with Crippen molar-refractivity contribution in [3.05, 3.63) is 52.6 Å². The van der Waals surface area contributed by atoms with E-state index in [2.05, 4.69) is 0 Å². The van der Waals surface area contributed by atoms with Crippen LogP contribution in [0.2, 0.25) is 0 Å². The van der Waals surface area contributed by atoms with Gasteiger partial charge in [0.2, 0.25) is 0 Å². The summed E-state index contributed by atoms with van der Waals surface area (Å²) in [6, 6.07) is 7.11. The van der Waals surface area contributed by atoms with Crippen LogP contribution in [-0.4, -0.2) is 45.2 Å². The zero-order chi connectivity index (χ0) is 27.2. The van der Waals surface area contributed by atoms with Crippen molar-refractivity contribution in [3.8, 4) is 23.0 Å². The minimum Gasteiger partial charge on any atom is -0.497 e. The number of benzene rings is 2. The Morgan fingerprint density at radius 2 is 1.61 bits per heavy atom. The maximum Gasteiger partial charge on any atom is 0.342 e. The first kappa shape index (κ1) is 27.2. The maximum atomic E-state index is 13.6. The van der Waals surface area contributed by atoms with Crippen LogP contribution in [0.15, 0.2) is 30.3 Å². The van der Waals surface area contributed by atoms with Gasteiger partial charge >= 0.3 is 11.9 Å². The number of fused-ring (bicyclic) bond motifs is 2. The van der Waals surface area contributed by atoms with Crippen molar-refractivity contribution in [1.29, 1.82) is 0 Å². The van der Waals surface area contributed by atoms with Crippen LogP contribution in [0.5, 0.6) is 23.0 Å². The molecule has 0 saturated heterocycles. The number of carbonyl (C=O) groups excluding carboxylic acids is 3. The van der Waals surface area contributed by atoms with Gasteiger partial charge in [-0.05, 0) is 61.9 Å². The predicted octanol–water partition coefficient (Wildman–Crippen LogP) is 5.64. The number of hydrogen-bond donors (Lipinski definition) is 0. The van der Waals surface area contributed by atoms with E-state index in [9.17, 15) is 14.4 Å². The molecule has 2 aromatic carbocycles. The highest BCUT2D eigenvalue weighted by Crippen LogP contribution is 2.48. The maximum absolute atomic E-state index is 13.6. The number of ketones is 1. The zero-order valence-electron chi connectivity index (χ0n) is 22.3. The highest BCUT2D eigenvalue weighted by atomic mass is 16.5. The summed E-state index contributed by atoms with van der Waals surface area (Å²) in [6.45, 7) is 1.82. The molecule has 2 atom stereocenters. The number of Topliss-reactive ketones (excluding diaryl/α,β-unsaturated/α-hetero) is 1. The summed E-state index contributed by atoms with van der Waals surface area (Å²) in [5.41, 5.74) is 2.16. The zero-order valence-corrected chi connectivity index (χ0v) is 22.3. The molecule has 0 unspecified atom stereocenters. The lowest BCUT2D eigenvalue weighted by Gasteiger charge is -2.29. The van der Waals surface area contributed by atoms with Gasteiger partial charge in [-0.15, -0.1) is 0 Å². The molecule has 0 fully saturated rings. The summed E-state index contributed by atoms with van der Waals surface area (Å²) in [7, 11) is 4.61. The quantitative estimate of drug-likeness (QED) is 0.376. The van der Waals surface area contributed by atoms with Gasteiger partial charge in [-0.25, -0.2) is 4.79 Å². The van der Waals surface area contributed by atoms with Gasteiger partial charge in [-0.1, -0.05) is 12.2 Å². The van der Waals surface area contributed by atoms with Crippen molar-refractivity contribution in [3.63, 3.8) is 0 Å². The average molecular weight is 523 g/mol. The molecule has 2 aliphatic heterocycles. The van der Waals surface area contributed by atoms with Crippen molar-refractivity contribution < 1.29 is 38.1 Å². The molecule has 8 heteroatoms.